The second kappa shape index (κ2) is 6.75. The fourth-order valence-corrected chi connectivity index (χ4v) is 3.51. The zero-order valence-corrected chi connectivity index (χ0v) is 14.0. The van der Waals surface area contributed by atoms with Crippen molar-refractivity contribution in [3.8, 4) is 5.75 Å². The zero-order valence-electron chi connectivity index (χ0n) is 12.4. The van der Waals surface area contributed by atoms with Gasteiger partial charge in [0.1, 0.15) is 11.5 Å². The number of aryl methyl sites for hydroxylation is 1. The van der Waals surface area contributed by atoms with E-state index in [1.165, 1.54) is 24.0 Å². The number of fused-ring (bicyclic) bond motifs is 1. The molecule has 2 nitrogen and oxygen atoms in total. The van der Waals surface area contributed by atoms with Crippen molar-refractivity contribution in [3.63, 3.8) is 0 Å². The molecule has 0 saturated heterocycles. The molecule has 0 fully saturated rings. The lowest BCUT2D eigenvalue weighted by Gasteiger charge is -2.35. The van der Waals surface area contributed by atoms with E-state index in [1.54, 1.807) is 7.11 Å². The zero-order chi connectivity index (χ0) is 14.6. The molecular weight excluding hydrogens is 316 g/mol. The van der Waals surface area contributed by atoms with Gasteiger partial charge in [-0.25, -0.2) is 0 Å². The van der Waals surface area contributed by atoms with Crippen molar-refractivity contribution in [2.75, 3.05) is 12.4 Å². The number of benzene rings is 1. The number of rotatable bonds is 6. The van der Waals surface area contributed by atoms with Crippen molar-refractivity contribution in [3.05, 3.63) is 29.3 Å². The Morgan fingerprint density at radius 3 is 2.75 bits per heavy atom. The molecule has 1 aliphatic rings. The van der Waals surface area contributed by atoms with E-state index >= 15 is 0 Å². The van der Waals surface area contributed by atoms with E-state index in [-0.39, 0.29) is 5.41 Å². The van der Waals surface area contributed by atoms with E-state index in [4.69, 9.17) is 4.74 Å². The normalized spacial score (nSPS) is 21.6. The highest BCUT2D eigenvalue weighted by atomic mass is 79.9. The first-order valence-corrected chi connectivity index (χ1v) is 8.50. The number of halogens is 1. The number of hydrogen-bond acceptors (Lipinski definition) is 2. The fraction of sp³-hybridized carbons (Fsp3) is 0.588. The minimum atomic E-state index is -0.325. The van der Waals surface area contributed by atoms with Crippen LogP contribution in [0.1, 0.15) is 50.2 Å². The van der Waals surface area contributed by atoms with Crippen LogP contribution in [0, 0.1) is 0 Å². The van der Waals surface area contributed by atoms with Gasteiger partial charge < -0.3 is 4.74 Å². The first-order valence-electron chi connectivity index (χ1n) is 7.38. The number of methoxy groups -OCH3 is 1. The smallest absolute Gasteiger partial charge is 0.143 e. The number of ether oxygens (including phenoxy) is 1. The van der Waals surface area contributed by atoms with Gasteiger partial charge in [-0.3, -0.25) is 4.79 Å². The number of unbranched alkanes of at least 4 members (excludes halogenated alkanes) is 2. The maximum absolute atomic E-state index is 12.5. The minimum absolute atomic E-state index is 0.325. The molecular formula is C17H23BrO2. The van der Waals surface area contributed by atoms with E-state index in [0.29, 0.717) is 12.2 Å². The molecule has 0 unspecified atom stereocenters. The van der Waals surface area contributed by atoms with Crippen LogP contribution in [0.15, 0.2) is 18.2 Å². The number of Topliss-reactive ketones (excluding diaryl/α,β-unsaturated/α-hetero) is 1. The monoisotopic (exact) mass is 338 g/mol. The van der Waals surface area contributed by atoms with Gasteiger partial charge in [-0.1, -0.05) is 34.8 Å². The van der Waals surface area contributed by atoms with Gasteiger partial charge in [0, 0.05) is 11.8 Å². The third-order valence-electron chi connectivity index (χ3n) is 4.46. The van der Waals surface area contributed by atoms with Crippen LogP contribution in [-0.4, -0.2) is 18.2 Å². The summed E-state index contributed by atoms with van der Waals surface area (Å²) in [5.41, 5.74) is 2.18. The van der Waals surface area contributed by atoms with Crippen molar-refractivity contribution in [1.29, 1.82) is 0 Å². The van der Waals surface area contributed by atoms with Crippen molar-refractivity contribution in [1.82, 2.24) is 0 Å². The summed E-state index contributed by atoms with van der Waals surface area (Å²) in [6.45, 7) is 2.11. The molecule has 0 N–H and O–H groups in total. The maximum atomic E-state index is 12.5. The van der Waals surface area contributed by atoms with Gasteiger partial charge in [0.05, 0.1) is 12.5 Å². The molecule has 1 aromatic rings. The summed E-state index contributed by atoms with van der Waals surface area (Å²) in [6, 6.07) is 6.19. The van der Waals surface area contributed by atoms with Gasteiger partial charge in [-0.05, 0) is 49.4 Å². The van der Waals surface area contributed by atoms with Crippen LogP contribution in [0.3, 0.4) is 0 Å². The van der Waals surface area contributed by atoms with Gasteiger partial charge in [0.25, 0.3) is 0 Å². The van der Waals surface area contributed by atoms with Crippen molar-refractivity contribution >= 4 is 21.7 Å². The third kappa shape index (κ3) is 3.08. The van der Waals surface area contributed by atoms with Crippen LogP contribution in [0.2, 0.25) is 0 Å². The average Bonchev–Trinajstić information content (AvgIpc) is 2.47. The highest BCUT2D eigenvalue weighted by Gasteiger charge is 2.38. The topological polar surface area (TPSA) is 26.3 Å². The lowest BCUT2D eigenvalue weighted by Crippen LogP contribution is -2.37. The number of hydrogen-bond donors (Lipinski definition) is 0. The van der Waals surface area contributed by atoms with Gasteiger partial charge in [-0.2, -0.15) is 0 Å². The van der Waals surface area contributed by atoms with Gasteiger partial charge in [0.15, 0.2) is 0 Å². The molecule has 3 heteroatoms. The molecule has 1 aromatic carbocycles. The Bertz CT molecular complexity index is 484. The van der Waals surface area contributed by atoms with Crippen LogP contribution in [-0.2, 0) is 16.6 Å². The van der Waals surface area contributed by atoms with Gasteiger partial charge >= 0.3 is 0 Å². The Morgan fingerprint density at radius 2 is 2.05 bits per heavy atom. The number of carbonyl (C=O) groups is 1. The van der Waals surface area contributed by atoms with Crippen molar-refractivity contribution < 1.29 is 9.53 Å². The lowest BCUT2D eigenvalue weighted by atomic mass is 9.67. The SMILES string of the molecule is COc1ccc2c(c1)[C@](C)(CCCCCBr)C(=O)CC2. The first kappa shape index (κ1) is 15.6. The van der Waals surface area contributed by atoms with E-state index in [9.17, 15) is 4.79 Å². The third-order valence-corrected chi connectivity index (χ3v) is 5.02. The molecule has 1 atom stereocenters. The van der Waals surface area contributed by atoms with Crippen molar-refractivity contribution in [2.45, 2.75) is 50.9 Å². The summed E-state index contributed by atoms with van der Waals surface area (Å²) >= 11 is 3.46. The number of carbonyl (C=O) groups excluding carboxylic acids is 1. The van der Waals surface area contributed by atoms with E-state index < -0.39 is 0 Å². The molecule has 2 rings (SSSR count). The Morgan fingerprint density at radius 1 is 1.25 bits per heavy atom. The molecule has 0 spiro atoms. The standard InChI is InChI=1S/C17H23BrO2/c1-17(10-4-3-5-11-18)15-12-14(20-2)8-6-13(15)7-9-16(17)19/h6,8,12H,3-5,7,9-11H2,1-2H3/t17-/m0/s1. The predicted molar refractivity (Wildman–Crippen MR) is 85.9 cm³/mol. The fourth-order valence-electron chi connectivity index (χ4n) is 3.11. The molecule has 0 aromatic heterocycles. The molecule has 0 heterocycles. The molecule has 0 radical (unpaired) electrons. The second-order valence-corrected chi connectivity index (χ2v) is 6.57. The summed E-state index contributed by atoms with van der Waals surface area (Å²) in [7, 11) is 1.68. The van der Waals surface area contributed by atoms with E-state index in [2.05, 4.69) is 35.0 Å². The Labute approximate surface area is 130 Å². The molecule has 0 amide bonds. The molecule has 0 bridgehead atoms. The largest absolute Gasteiger partial charge is 0.497 e. The summed E-state index contributed by atoms with van der Waals surface area (Å²) in [6.07, 6.45) is 5.94. The quantitative estimate of drug-likeness (QED) is 0.566. The Hall–Kier alpha value is -0.830. The van der Waals surface area contributed by atoms with Gasteiger partial charge in [-0.15, -0.1) is 0 Å². The van der Waals surface area contributed by atoms with E-state index in [0.717, 1.165) is 30.3 Å². The number of ketones is 1. The predicted octanol–water partition coefficient (Wildman–Crippen LogP) is 4.42. The Balaban J connectivity index is 2.25. The summed E-state index contributed by atoms with van der Waals surface area (Å²) in [5, 5.41) is 1.04. The summed E-state index contributed by atoms with van der Waals surface area (Å²) < 4.78 is 5.33. The molecule has 20 heavy (non-hydrogen) atoms. The summed E-state index contributed by atoms with van der Waals surface area (Å²) in [5.74, 6) is 1.24. The van der Waals surface area contributed by atoms with Crippen LogP contribution < -0.4 is 4.74 Å². The van der Waals surface area contributed by atoms with E-state index in [1.807, 2.05) is 6.07 Å². The maximum Gasteiger partial charge on any atom is 0.143 e. The van der Waals surface area contributed by atoms with Crippen LogP contribution in [0.5, 0.6) is 5.75 Å². The second-order valence-electron chi connectivity index (χ2n) is 5.78. The number of alkyl halides is 1. The Kier molecular flexibility index (Phi) is 5.25. The minimum Gasteiger partial charge on any atom is -0.497 e. The molecule has 1 aliphatic carbocycles. The first-order chi connectivity index (χ1) is 9.61. The van der Waals surface area contributed by atoms with Crippen molar-refractivity contribution in [2.24, 2.45) is 0 Å². The highest BCUT2D eigenvalue weighted by molar-refractivity contribution is 9.09. The van der Waals surface area contributed by atoms with Crippen LogP contribution >= 0.6 is 15.9 Å². The van der Waals surface area contributed by atoms with Crippen LogP contribution in [0.25, 0.3) is 0 Å². The average molecular weight is 339 g/mol. The molecule has 110 valence electrons. The molecule has 0 aliphatic heterocycles. The highest BCUT2D eigenvalue weighted by Crippen LogP contribution is 2.40. The van der Waals surface area contributed by atoms with Crippen LogP contribution in [0.4, 0.5) is 0 Å². The lowest BCUT2D eigenvalue weighted by molar-refractivity contribution is -0.125. The summed E-state index contributed by atoms with van der Waals surface area (Å²) in [4.78, 5) is 12.5. The molecule has 0 saturated carbocycles. The van der Waals surface area contributed by atoms with Gasteiger partial charge in [0.2, 0.25) is 0 Å².